The number of aromatic nitrogens is 2. The van der Waals surface area contributed by atoms with Crippen LogP contribution in [0.2, 0.25) is 0 Å². The second kappa shape index (κ2) is 10.9. The summed E-state index contributed by atoms with van der Waals surface area (Å²) < 4.78 is 20.0. The third-order valence-corrected chi connectivity index (χ3v) is 5.11. The first-order valence-electron chi connectivity index (χ1n) is 10.6. The van der Waals surface area contributed by atoms with E-state index in [1.165, 1.54) is 6.07 Å². The van der Waals surface area contributed by atoms with E-state index in [2.05, 4.69) is 9.97 Å². The van der Waals surface area contributed by atoms with Crippen LogP contribution in [0.25, 0.3) is 0 Å². The van der Waals surface area contributed by atoms with E-state index in [1.54, 1.807) is 46.6 Å². The number of carbonyl (C=O) groups excluding carboxylic acids is 2. The topological polar surface area (TPSA) is 75.6 Å². The van der Waals surface area contributed by atoms with E-state index in [0.717, 1.165) is 5.69 Å². The largest absolute Gasteiger partial charge is 0.370 e. The number of carbonyl (C=O) groups is 2. The first-order valence-corrected chi connectivity index (χ1v) is 10.6. The maximum Gasteiger partial charge on any atom is 0.242 e. The fraction of sp³-hybridized carbons (Fsp3) is 0.478. The summed E-state index contributed by atoms with van der Waals surface area (Å²) in [5, 5.41) is 0. The Morgan fingerprint density at radius 3 is 2.77 bits per heavy atom. The third-order valence-electron chi connectivity index (χ3n) is 5.11. The maximum atomic E-state index is 14.0. The summed E-state index contributed by atoms with van der Waals surface area (Å²) in [6.45, 7) is 5.43. The number of amides is 2. The summed E-state index contributed by atoms with van der Waals surface area (Å²) in [6, 6.07) is 6.45. The molecular weight excluding hydrogens is 399 g/mol. The minimum absolute atomic E-state index is 0.0194. The molecule has 0 saturated carbocycles. The molecule has 0 spiro atoms. The number of hydrogen-bond donors (Lipinski definition) is 0. The Labute approximate surface area is 182 Å². The van der Waals surface area contributed by atoms with Crippen LogP contribution in [0, 0.1) is 11.7 Å². The van der Waals surface area contributed by atoms with Gasteiger partial charge in [-0.2, -0.15) is 0 Å². The van der Waals surface area contributed by atoms with Crippen molar-refractivity contribution in [2.24, 2.45) is 5.92 Å². The number of ether oxygens (including phenoxy) is 1. The Bertz CT molecular complexity index is 878. The second-order valence-electron chi connectivity index (χ2n) is 8.19. The van der Waals surface area contributed by atoms with E-state index in [4.69, 9.17) is 4.74 Å². The van der Waals surface area contributed by atoms with Crippen LogP contribution in [0.15, 0.2) is 42.9 Å². The van der Waals surface area contributed by atoms with Crippen LogP contribution in [0.1, 0.15) is 31.5 Å². The highest BCUT2D eigenvalue weighted by molar-refractivity contribution is 5.85. The lowest BCUT2D eigenvalue weighted by molar-refractivity contribution is -0.139. The fourth-order valence-electron chi connectivity index (χ4n) is 3.57. The van der Waals surface area contributed by atoms with E-state index >= 15 is 0 Å². The minimum atomic E-state index is -0.398. The summed E-state index contributed by atoms with van der Waals surface area (Å²) in [5.41, 5.74) is 1.18. The Morgan fingerprint density at radius 1 is 1.26 bits per heavy atom. The second-order valence-corrected chi connectivity index (χ2v) is 8.19. The average molecular weight is 429 g/mol. The molecule has 0 bridgehead atoms. The highest BCUT2D eigenvalue weighted by Crippen LogP contribution is 2.15. The molecule has 1 fully saturated rings. The molecule has 1 atom stereocenters. The van der Waals surface area contributed by atoms with Crippen molar-refractivity contribution in [3.8, 4) is 0 Å². The van der Waals surface area contributed by atoms with Crippen LogP contribution in [0.4, 0.5) is 4.39 Å². The van der Waals surface area contributed by atoms with Crippen molar-refractivity contribution in [3.63, 3.8) is 0 Å². The monoisotopic (exact) mass is 428 g/mol. The predicted molar refractivity (Wildman–Crippen MR) is 113 cm³/mol. The molecule has 2 amide bonds. The number of rotatable bonds is 8. The lowest BCUT2D eigenvalue weighted by Crippen LogP contribution is -2.40. The standard InChI is InChI=1S/C23H29FN4O3/c1-17(2)12-27-13-20(31-16-18-5-3-4-6-21(18)24)14-28(15-23(27)30)22(29)8-7-19-11-25-9-10-26-19/h3-6,9-11,17,20H,7-8,12-16H2,1-2H3/t20-/m0/s1. The van der Waals surface area contributed by atoms with Crippen LogP contribution in [0.3, 0.4) is 0 Å². The van der Waals surface area contributed by atoms with E-state index in [0.29, 0.717) is 25.1 Å². The number of nitrogens with zero attached hydrogens (tertiary/aromatic N) is 4. The highest BCUT2D eigenvalue weighted by Gasteiger charge is 2.31. The van der Waals surface area contributed by atoms with E-state index in [1.807, 2.05) is 13.8 Å². The van der Waals surface area contributed by atoms with Gasteiger partial charge >= 0.3 is 0 Å². The van der Waals surface area contributed by atoms with Crippen LogP contribution >= 0.6 is 0 Å². The van der Waals surface area contributed by atoms with Gasteiger partial charge < -0.3 is 14.5 Å². The molecule has 1 aromatic heterocycles. The molecule has 8 heteroatoms. The van der Waals surface area contributed by atoms with Gasteiger partial charge in [0, 0.05) is 50.2 Å². The SMILES string of the molecule is CC(C)CN1C[C@H](OCc2ccccc2F)CN(C(=O)CCc2cnccn2)CC1=O. The molecule has 0 N–H and O–H groups in total. The van der Waals surface area contributed by atoms with E-state index in [-0.39, 0.29) is 49.7 Å². The summed E-state index contributed by atoms with van der Waals surface area (Å²) in [5.74, 6) is -0.276. The van der Waals surface area contributed by atoms with Gasteiger partial charge in [0.05, 0.1) is 24.9 Å². The van der Waals surface area contributed by atoms with Crippen LogP contribution in [-0.2, 0) is 27.4 Å². The Morgan fingerprint density at radius 2 is 2.06 bits per heavy atom. The van der Waals surface area contributed by atoms with Gasteiger partial charge in [-0.1, -0.05) is 32.0 Å². The van der Waals surface area contributed by atoms with Gasteiger partial charge in [0.1, 0.15) is 5.82 Å². The Hall–Kier alpha value is -2.87. The summed E-state index contributed by atoms with van der Waals surface area (Å²) in [6.07, 6.45) is 5.09. The Kier molecular flexibility index (Phi) is 8.06. The molecule has 2 aromatic rings. The van der Waals surface area contributed by atoms with E-state index < -0.39 is 6.10 Å². The molecule has 31 heavy (non-hydrogen) atoms. The number of aryl methyl sites for hydroxylation is 1. The lowest BCUT2D eigenvalue weighted by Gasteiger charge is -2.26. The van der Waals surface area contributed by atoms with Gasteiger partial charge in [0.15, 0.2) is 0 Å². The van der Waals surface area contributed by atoms with Gasteiger partial charge in [-0.05, 0) is 18.4 Å². The molecular formula is C23H29FN4O3. The van der Waals surface area contributed by atoms with Crippen LogP contribution in [-0.4, -0.2) is 63.9 Å². The molecule has 0 unspecified atom stereocenters. The summed E-state index contributed by atoms with van der Waals surface area (Å²) in [4.78, 5) is 37.2. The van der Waals surface area contributed by atoms with Crippen molar-refractivity contribution >= 4 is 11.8 Å². The average Bonchev–Trinajstić information content (AvgIpc) is 2.90. The lowest BCUT2D eigenvalue weighted by atomic mass is 10.2. The van der Waals surface area contributed by atoms with Gasteiger partial charge in [0.25, 0.3) is 0 Å². The Balaban J connectivity index is 1.67. The zero-order chi connectivity index (χ0) is 22.2. The molecule has 1 aliphatic rings. The van der Waals surface area contributed by atoms with Crippen molar-refractivity contribution in [2.75, 3.05) is 26.2 Å². The smallest absolute Gasteiger partial charge is 0.242 e. The number of benzene rings is 1. The summed E-state index contributed by atoms with van der Waals surface area (Å²) >= 11 is 0. The fourth-order valence-corrected chi connectivity index (χ4v) is 3.57. The van der Waals surface area contributed by atoms with Crippen molar-refractivity contribution in [1.29, 1.82) is 0 Å². The minimum Gasteiger partial charge on any atom is -0.370 e. The molecule has 3 rings (SSSR count). The quantitative estimate of drug-likeness (QED) is 0.646. The molecule has 1 saturated heterocycles. The van der Waals surface area contributed by atoms with Gasteiger partial charge in [-0.3, -0.25) is 19.6 Å². The predicted octanol–water partition coefficient (Wildman–Crippen LogP) is 2.46. The van der Waals surface area contributed by atoms with Crippen molar-refractivity contribution in [3.05, 3.63) is 59.9 Å². The first kappa shape index (κ1) is 22.8. The molecule has 166 valence electrons. The van der Waals surface area contributed by atoms with Crippen molar-refractivity contribution in [1.82, 2.24) is 19.8 Å². The number of hydrogen-bond acceptors (Lipinski definition) is 5. The van der Waals surface area contributed by atoms with Gasteiger partial charge in [-0.15, -0.1) is 0 Å². The first-order chi connectivity index (χ1) is 14.9. The molecule has 1 aromatic carbocycles. The molecule has 7 nitrogen and oxygen atoms in total. The highest BCUT2D eigenvalue weighted by atomic mass is 19.1. The maximum absolute atomic E-state index is 14.0. The molecule has 0 radical (unpaired) electrons. The van der Waals surface area contributed by atoms with E-state index in [9.17, 15) is 14.0 Å². The molecule has 2 heterocycles. The van der Waals surface area contributed by atoms with Crippen LogP contribution < -0.4 is 0 Å². The number of halogens is 1. The third kappa shape index (κ3) is 6.82. The molecule has 0 aliphatic carbocycles. The van der Waals surface area contributed by atoms with Crippen LogP contribution in [0.5, 0.6) is 0 Å². The normalized spacial score (nSPS) is 17.2. The van der Waals surface area contributed by atoms with Crippen molar-refractivity contribution in [2.45, 2.75) is 39.4 Å². The summed E-state index contributed by atoms with van der Waals surface area (Å²) in [7, 11) is 0. The zero-order valence-electron chi connectivity index (χ0n) is 18.0. The zero-order valence-corrected chi connectivity index (χ0v) is 18.0. The van der Waals surface area contributed by atoms with Crippen molar-refractivity contribution < 1.29 is 18.7 Å². The van der Waals surface area contributed by atoms with Gasteiger partial charge in [0.2, 0.25) is 11.8 Å². The molecule has 1 aliphatic heterocycles. The van der Waals surface area contributed by atoms with Gasteiger partial charge in [-0.25, -0.2) is 4.39 Å².